The molecule has 1 heterocycles. The van der Waals surface area contributed by atoms with Gasteiger partial charge in [0, 0.05) is 39.0 Å². The molecule has 0 saturated heterocycles. The van der Waals surface area contributed by atoms with Crippen LogP contribution in [0.4, 0.5) is 0 Å². The molecule has 0 radical (unpaired) electrons. The van der Waals surface area contributed by atoms with Crippen molar-refractivity contribution >= 4 is 29.9 Å². The standard InChI is InChI=1S/C24H31N5O2.HI/c1-18-9-10-21(23(15-18)31-14-13-30-4)17-27-24(25-3)26-16-20-7-5-6-8-22(20)29-12-11-19(2)28-29;/h5-12,15H,13-14,16-17H2,1-4H3,(H2,25,26,27);1H. The number of guanidine groups is 1. The summed E-state index contributed by atoms with van der Waals surface area (Å²) in [6.45, 7) is 6.34. The highest BCUT2D eigenvalue weighted by molar-refractivity contribution is 14.0. The fourth-order valence-electron chi connectivity index (χ4n) is 3.19. The van der Waals surface area contributed by atoms with Crippen molar-refractivity contribution in [1.29, 1.82) is 0 Å². The number of aliphatic imine (C=N–C) groups is 1. The highest BCUT2D eigenvalue weighted by Crippen LogP contribution is 2.20. The van der Waals surface area contributed by atoms with Crippen LogP contribution in [0.1, 0.15) is 22.4 Å². The van der Waals surface area contributed by atoms with Gasteiger partial charge in [-0.25, -0.2) is 4.68 Å². The lowest BCUT2D eigenvalue weighted by atomic mass is 10.1. The minimum atomic E-state index is 0. The van der Waals surface area contributed by atoms with Crippen molar-refractivity contribution in [1.82, 2.24) is 20.4 Å². The van der Waals surface area contributed by atoms with Gasteiger partial charge in [-0.2, -0.15) is 5.10 Å². The number of para-hydroxylation sites is 1. The molecule has 0 saturated carbocycles. The van der Waals surface area contributed by atoms with E-state index >= 15 is 0 Å². The Bertz CT molecular complexity index is 1020. The maximum absolute atomic E-state index is 5.89. The van der Waals surface area contributed by atoms with Gasteiger partial charge in [0.2, 0.25) is 0 Å². The summed E-state index contributed by atoms with van der Waals surface area (Å²) >= 11 is 0. The molecule has 3 rings (SSSR count). The maximum atomic E-state index is 5.89. The number of ether oxygens (including phenoxy) is 2. The highest BCUT2D eigenvalue weighted by atomic mass is 127. The lowest BCUT2D eigenvalue weighted by molar-refractivity contribution is 0.145. The van der Waals surface area contributed by atoms with Gasteiger partial charge in [0.05, 0.1) is 18.0 Å². The predicted molar refractivity (Wildman–Crippen MR) is 139 cm³/mol. The smallest absolute Gasteiger partial charge is 0.191 e. The molecule has 2 N–H and O–H groups in total. The van der Waals surface area contributed by atoms with Crippen molar-refractivity contribution in [3.8, 4) is 11.4 Å². The molecular weight excluding hydrogens is 517 g/mol. The summed E-state index contributed by atoms with van der Waals surface area (Å²) in [5, 5.41) is 11.3. The Morgan fingerprint density at radius 1 is 1.00 bits per heavy atom. The Balaban J connectivity index is 0.00000363. The Hall–Kier alpha value is -2.59. The fourth-order valence-corrected chi connectivity index (χ4v) is 3.19. The summed E-state index contributed by atoms with van der Waals surface area (Å²) in [4.78, 5) is 4.36. The number of aromatic nitrogens is 2. The van der Waals surface area contributed by atoms with E-state index in [0.717, 1.165) is 39.8 Å². The van der Waals surface area contributed by atoms with E-state index in [1.165, 1.54) is 0 Å². The van der Waals surface area contributed by atoms with Gasteiger partial charge in [0.1, 0.15) is 12.4 Å². The van der Waals surface area contributed by atoms with Crippen LogP contribution in [0.5, 0.6) is 5.75 Å². The van der Waals surface area contributed by atoms with Crippen LogP contribution >= 0.6 is 24.0 Å². The number of aryl methyl sites for hydroxylation is 2. The minimum absolute atomic E-state index is 0. The van der Waals surface area contributed by atoms with E-state index < -0.39 is 0 Å². The number of rotatable bonds is 9. The zero-order valence-electron chi connectivity index (χ0n) is 19.1. The molecule has 32 heavy (non-hydrogen) atoms. The van der Waals surface area contributed by atoms with E-state index in [1.54, 1.807) is 14.2 Å². The van der Waals surface area contributed by atoms with Crippen LogP contribution in [0.15, 0.2) is 59.7 Å². The van der Waals surface area contributed by atoms with Gasteiger partial charge in [-0.05, 0) is 43.2 Å². The van der Waals surface area contributed by atoms with Crippen LogP contribution in [0.2, 0.25) is 0 Å². The van der Waals surface area contributed by atoms with Crippen molar-refractivity contribution in [2.75, 3.05) is 27.4 Å². The quantitative estimate of drug-likeness (QED) is 0.183. The van der Waals surface area contributed by atoms with Crippen LogP contribution in [-0.4, -0.2) is 43.1 Å². The topological polar surface area (TPSA) is 72.7 Å². The lowest BCUT2D eigenvalue weighted by Gasteiger charge is -2.16. The average Bonchev–Trinajstić information content (AvgIpc) is 3.21. The van der Waals surface area contributed by atoms with Gasteiger partial charge >= 0.3 is 0 Å². The number of nitrogens with zero attached hydrogens (tertiary/aromatic N) is 3. The average molecular weight is 549 g/mol. The first-order valence-electron chi connectivity index (χ1n) is 10.4. The third-order valence-corrected chi connectivity index (χ3v) is 4.84. The number of halogens is 1. The Kier molecular flexibility index (Phi) is 10.5. The molecule has 0 aliphatic heterocycles. The van der Waals surface area contributed by atoms with Crippen molar-refractivity contribution < 1.29 is 9.47 Å². The van der Waals surface area contributed by atoms with Crippen LogP contribution < -0.4 is 15.4 Å². The second-order valence-electron chi connectivity index (χ2n) is 7.26. The van der Waals surface area contributed by atoms with Crippen molar-refractivity contribution in [3.63, 3.8) is 0 Å². The van der Waals surface area contributed by atoms with Crippen molar-refractivity contribution in [3.05, 3.63) is 77.1 Å². The lowest BCUT2D eigenvalue weighted by Crippen LogP contribution is -2.36. The summed E-state index contributed by atoms with van der Waals surface area (Å²) in [7, 11) is 3.44. The molecule has 3 aromatic rings. The Morgan fingerprint density at radius 2 is 1.75 bits per heavy atom. The van der Waals surface area contributed by atoms with Gasteiger partial charge < -0.3 is 20.1 Å². The first-order valence-corrected chi connectivity index (χ1v) is 10.4. The molecule has 0 aliphatic rings. The summed E-state index contributed by atoms with van der Waals surface area (Å²) in [5.41, 5.74) is 5.39. The minimum Gasteiger partial charge on any atom is -0.491 e. The van der Waals surface area contributed by atoms with E-state index in [1.807, 2.05) is 42.1 Å². The van der Waals surface area contributed by atoms with Gasteiger partial charge in [0.15, 0.2) is 5.96 Å². The third kappa shape index (κ3) is 7.23. The molecule has 2 aromatic carbocycles. The van der Waals surface area contributed by atoms with E-state index in [9.17, 15) is 0 Å². The molecule has 172 valence electrons. The van der Waals surface area contributed by atoms with Crippen molar-refractivity contribution in [2.45, 2.75) is 26.9 Å². The molecule has 0 aliphatic carbocycles. The summed E-state index contributed by atoms with van der Waals surface area (Å²) in [5.74, 6) is 1.58. The van der Waals surface area contributed by atoms with Crippen LogP contribution in [0.3, 0.4) is 0 Å². The highest BCUT2D eigenvalue weighted by Gasteiger charge is 2.08. The summed E-state index contributed by atoms with van der Waals surface area (Å²) < 4.78 is 12.9. The van der Waals surface area contributed by atoms with Crippen LogP contribution in [0, 0.1) is 13.8 Å². The molecule has 0 atom stereocenters. The summed E-state index contributed by atoms with van der Waals surface area (Å²) in [6.07, 6.45) is 1.98. The number of benzene rings is 2. The second kappa shape index (κ2) is 13.1. The van der Waals surface area contributed by atoms with Gasteiger partial charge in [0.25, 0.3) is 0 Å². The van der Waals surface area contributed by atoms with Crippen LogP contribution in [-0.2, 0) is 17.8 Å². The zero-order valence-corrected chi connectivity index (χ0v) is 21.4. The fraction of sp³-hybridized carbons (Fsp3) is 0.333. The van der Waals surface area contributed by atoms with Gasteiger partial charge in [-0.1, -0.05) is 30.3 Å². The van der Waals surface area contributed by atoms with E-state index in [0.29, 0.717) is 26.3 Å². The normalized spacial score (nSPS) is 11.1. The van der Waals surface area contributed by atoms with Crippen molar-refractivity contribution in [2.24, 2.45) is 4.99 Å². The SMILES string of the molecule is CN=C(NCc1ccc(C)cc1OCCOC)NCc1ccccc1-n1ccc(C)n1.I. The maximum Gasteiger partial charge on any atom is 0.191 e. The molecule has 0 fully saturated rings. The summed E-state index contributed by atoms with van der Waals surface area (Å²) in [6, 6.07) is 16.4. The molecule has 0 unspecified atom stereocenters. The number of hydrogen-bond acceptors (Lipinski definition) is 4. The molecule has 7 nitrogen and oxygen atoms in total. The molecule has 1 aromatic heterocycles. The molecular formula is C24H32IN5O2. The number of nitrogens with one attached hydrogen (secondary N) is 2. The largest absolute Gasteiger partial charge is 0.491 e. The van der Waals surface area contributed by atoms with Gasteiger partial charge in [-0.3, -0.25) is 4.99 Å². The van der Waals surface area contributed by atoms with E-state index in [4.69, 9.17) is 9.47 Å². The Labute approximate surface area is 207 Å². The first-order chi connectivity index (χ1) is 15.1. The molecule has 8 heteroatoms. The predicted octanol–water partition coefficient (Wildman–Crippen LogP) is 4.00. The van der Waals surface area contributed by atoms with Gasteiger partial charge in [-0.15, -0.1) is 24.0 Å². The monoisotopic (exact) mass is 549 g/mol. The number of hydrogen-bond donors (Lipinski definition) is 2. The van der Waals surface area contributed by atoms with E-state index in [-0.39, 0.29) is 24.0 Å². The third-order valence-electron chi connectivity index (χ3n) is 4.84. The van der Waals surface area contributed by atoms with E-state index in [2.05, 4.69) is 51.9 Å². The first kappa shape index (κ1) is 25.7. The Morgan fingerprint density at radius 3 is 2.44 bits per heavy atom. The second-order valence-corrected chi connectivity index (χ2v) is 7.26. The zero-order chi connectivity index (χ0) is 22.1. The molecule has 0 bridgehead atoms. The molecule has 0 amide bonds. The van der Waals surface area contributed by atoms with Crippen LogP contribution in [0.25, 0.3) is 5.69 Å². The molecule has 0 spiro atoms. The number of methoxy groups -OCH3 is 1.